The number of unbranched alkanes of at least 4 members (excludes halogenated alkanes) is 1. The summed E-state index contributed by atoms with van der Waals surface area (Å²) in [6.45, 7) is 2.69. The Balaban J connectivity index is 1.63. The molecular formula is C30H28N2O6S. The summed E-state index contributed by atoms with van der Waals surface area (Å²) in [7, 11) is 3.13. The molecule has 0 bridgehead atoms. The number of carbonyl (C=O) groups excluding carboxylic acids is 2. The van der Waals surface area contributed by atoms with Crippen LogP contribution in [0.3, 0.4) is 0 Å². The van der Waals surface area contributed by atoms with Crippen molar-refractivity contribution < 1.29 is 28.9 Å². The number of fused-ring (bicyclic) bond motifs is 1. The van der Waals surface area contributed by atoms with E-state index < -0.39 is 17.7 Å². The monoisotopic (exact) mass is 544 g/mol. The van der Waals surface area contributed by atoms with Gasteiger partial charge in [-0.05, 0) is 66.6 Å². The summed E-state index contributed by atoms with van der Waals surface area (Å²) in [6.07, 6.45) is 1.96. The number of Topliss-reactive ketones (excluding diaryl/α,β-unsaturated/α-hetero) is 1. The number of nitrogens with zero attached hydrogens (tertiary/aromatic N) is 2. The van der Waals surface area contributed by atoms with E-state index in [1.54, 1.807) is 50.6 Å². The Labute approximate surface area is 230 Å². The fraction of sp³-hybridized carbons (Fsp3) is 0.233. The van der Waals surface area contributed by atoms with Gasteiger partial charge in [0.05, 0.1) is 42.7 Å². The number of amides is 1. The van der Waals surface area contributed by atoms with Gasteiger partial charge in [0.1, 0.15) is 23.0 Å². The first-order valence-electron chi connectivity index (χ1n) is 12.6. The highest BCUT2D eigenvalue weighted by atomic mass is 32.1. The number of rotatable bonds is 9. The predicted molar refractivity (Wildman–Crippen MR) is 151 cm³/mol. The molecule has 1 aliphatic heterocycles. The lowest BCUT2D eigenvalue weighted by molar-refractivity contribution is -0.132. The standard InChI is InChI=1S/C30H28N2O6S/c1-4-5-16-38-21-12-6-18(7-13-21)26-25(27(33)19-8-10-20(36-2)11-9-19)28(34)29(35)32(26)30-31-23-15-14-22(37-3)17-24(23)39-30/h6-15,17,26,33H,4-5,16H2,1-3H3. The fourth-order valence-electron chi connectivity index (χ4n) is 4.45. The van der Waals surface area contributed by atoms with Crippen LogP contribution in [0, 0.1) is 0 Å². The zero-order valence-corrected chi connectivity index (χ0v) is 22.7. The van der Waals surface area contributed by atoms with E-state index in [4.69, 9.17) is 14.2 Å². The van der Waals surface area contributed by atoms with Crippen molar-refractivity contribution in [3.05, 3.63) is 83.4 Å². The maximum atomic E-state index is 13.5. The summed E-state index contributed by atoms with van der Waals surface area (Å²) in [5, 5.41) is 11.7. The average molecular weight is 545 g/mol. The molecular weight excluding hydrogens is 516 g/mol. The van der Waals surface area contributed by atoms with E-state index in [0.29, 0.717) is 45.6 Å². The molecule has 0 aliphatic carbocycles. The van der Waals surface area contributed by atoms with Gasteiger partial charge in [0.15, 0.2) is 5.13 Å². The third-order valence-electron chi connectivity index (χ3n) is 6.56. The van der Waals surface area contributed by atoms with E-state index in [1.165, 1.54) is 16.2 Å². The Morgan fingerprint density at radius 2 is 1.62 bits per heavy atom. The van der Waals surface area contributed by atoms with Gasteiger partial charge in [0.2, 0.25) is 0 Å². The second kappa shape index (κ2) is 11.2. The Hall–Kier alpha value is -4.37. The molecule has 9 heteroatoms. The minimum Gasteiger partial charge on any atom is -0.507 e. The van der Waals surface area contributed by atoms with E-state index in [-0.39, 0.29) is 11.3 Å². The molecule has 1 aliphatic rings. The van der Waals surface area contributed by atoms with Crippen molar-refractivity contribution in [1.82, 2.24) is 4.98 Å². The van der Waals surface area contributed by atoms with Gasteiger partial charge < -0.3 is 19.3 Å². The second-order valence-electron chi connectivity index (χ2n) is 9.00. The average Bonchev–Trinajstić information content (AvgIpc) is 3.50. The first-order valence-corrected chi connectivity index (χ1v) is 13.4. The summed E-state index contributed by atoms with van der Waals surface area (Å²) < 4.78 is 17.2. The smallest absolute Gasteiger partial charge is 0.301 e. The molecule has 1 amide bonds. The van der Waals surface area contributed by atoms with Gasteiger partial charge in [-0.1, -0.05) is 36.8 Å². The van der Waals surface area contributed by atoms with Crippen LogP contribution in [0.1, 0.15) is 36.9 Å². The number of ketones is 1. The van der Waals surface area contributed by atoms with E-state index in [2.05, 4.69) is 11.9 Å². The molecule has 3 aromatic carbocycles. The molecule has 1 saturated heterocycles. The van der Waals surface area contributed by atoms with Gasteiger partial charge in [-0.25, -0.2) is 4.98 Å². The van der Waals surface area contributed by atoms with Crippen LogP contribution < -0.4 is 19.1 Å². The number of benzene rings is 3. The topological polar surface area (TPSA) is 98.2 Å². The first kappa shape index (κ1) is 26.2. The Bertz CT molecular complexity index is 1540. The minimum absolute atomic E-state index is 0.0124. The lowest BCUT2D eigenvalue weighted by Gasteiger charge is -2.23. The summed E-state index contributed by atoms with van der Waals surface area (Å²) in [6, 6.07) is 18.4. The van der Waals surface area contributed by atoms with Gasteiger partial charge in [0.25, 0.3) is 5.78 Å². The van der Waals surface area contributed by atoms with Crippen molar-refractivity contribution in [2.75, 3.05) is 25.7 Å². The molecule has 200 valence electrons. The normalized spacial score (nSPS) is 16.6. The van der Waals surface area contributed by atoms with Crippen LogP contribution in [0.4, 0.5) is 5.13 Å². The van der Waals surface area contributed by atoms with Crippen molar-refractivity contribution in [3.63, 3.8) is 0 Å². The number of thiazole rings is 1. The first-order chi connectivity index (χ1) is 18.9. The third kappa shape index (κ3) is 5.05. The molecule has 2 heterocycles. The van der Waals surface area contributed by atoms with Crippen molar-refractivity contribution >= 4 is 44.1 Å². The van der Waals surface area contributed by atoms with Crippen LogP contribution in [-0.2, 0) is 9.59 Å². The SMILES string of the molecule is CCCCOc1ccc(C2C(=C(O)c3ccc(OC)cc3)C(=O)C(=O)N2c2nc3ccc(OC)cc3s2)cc1. The Morgan fingerprint density at radius 3 is 2.28 bits per heavy atom. The number of ether oxygens (including phenoxy) is 3. The van der Waals surface area contributed by atoms with E-state index in [9.17, 15) is 14.7 Å². The molecule has 0 spiro atoms. The number of aromatic nitrogens is 1. The van der Waals surface area contributed by atoms with E-state index in [0.717, 1.165) is 17.5 Å². The van der Waals surface area contributed by atoms with Crippen LogP contribution in [0.2, 0.25) is 0 Å². The van der Waals surface area contributed by atoms with Crippen LogP contribution in [0.15, 0.2) is 72.3 Å². The third-order valence-corrected chi connectivity index (χ3v) is 7.58. The molecule has 0 saturated carbocycles. The largest absolute Gasteiger partial charge is 0.507 e. The molecule has 1 N–H and O–H groups in total. The highest BCUT2D eigenvalue weighted by Gasteiger charge is 2.48. The number of hydrogen-bond acceptors (Lipinski definition) is 8. The zero-order valence-electron chi connectivity index (χ0n) is 21.8. The van der Waals surface area contributed by atoms with Crippen LogP contribution in [0.25, 0.3) is 16.0 Å². The number of hydrogen-bond donors (Lipinski definition) is 1. The van der Waals surface area contributed by atoms with Gasteiger partial charge in [-0.3, -0.25) is 14.5 Å². The molecule has 1 aromatic heterocycles. The highest BCUT2D eigenvalue weighted by Crippen LogP contribution is 2.45. The van der Waals surface area contributed by atoms with E-state index in [1.807, 2.05) is 30.3 Å². The molecule has 8 nitrogen and oxygen atoms in total. The van der Waals surface area contributed by atoms with Gasteiger partial charge in [0, 0.05) is 5.56 Å². The van der Waals surface area contributed by atoms with Crippen molar-refractivity contribution in [2.24, 2.45) is 0 Å². The molecule has 1 fully saturated rings. The van der Waals surface area contributed by atoms with Crippen LogP contribution in [-0.4, -0.2) is 42.6 Å². The summed E-state index contributed by atoms with van der Waals surface area (Å²) in [5.41, 5.74) is 1.70. The highest BCUT2D eigenvalue weighted by molar-refractivity contribution is 7.22. The quantitative estimate of drug-likeness (QED) is 0.117. The molecule has 5 rings (SSSR count). The van der Waals surface area contributed by atoms with Gasteiger partial charge in [-0.2, -0.15) is 0 Å². The number of carbonyl (C=O) groups is 2. The molecule has 1 unspecified atom stereocenters. The maximum absolute atomic E-state index is 13.5. The maximum Gasteiger partial charge on any atom is 0.301 e. The number of aliphatic hydroxyl groups excluding tert-OH is 1. The minimum atomic E-state index is -0.890. The fourth-order valence-corrected chi connectivity index (χ4v) is 5.47. The molecule has 0 radical (unpaired) electrons. The predicted octanol–water partition coefficient (Wildman–Crippen LogP) is 6.12. The van der Waals surface area contributed by atoms with Crippen molar-refractivity contribution in [1.29, 1.82) is 0 Å². The second-order valence-corrected chi connectivity index (χ2v) is 10.0. The number of anilines is 1. The lowest BCUT2D eigenvalue weighted by Crippen LogP contribution is -2.29. The van der Waals surface area contributed by atoms with Gasteiger partial charge in [-0.15, -0.1) is 0 Å². The number of methoxy groups -OCH3 is 2. The Kier molecular flexibility index (Phi) is 7.51. The summed E-state index contributed by atoms with van der Waals surface area (Å²) in [4.78, 5) is 33.0. The molecule has 4 aromatic rings. The lowest BCUT2D eigenvalue weighted by atomic mass is 9.95. The van der Waals surface area contributed by atoms with E-state index >= 15 is 0 Å². The summed E-state index contributed by atoms with van der Waals surface area (Å²) >= 11 is 1.28. The van der Waals surface area contributed by atoms with Crippen LogP contribution >= 0.6 is 11.3 Å². The van der Waals surface area contributed by atoms with Crippen molar-refractivity contribution in [3.8, 4) is 17.2 Å². The zero-order chi connectivity index (χ0) is 27.5. The van der Waals surface area contributed by atoms with Crippen LogP contribution in [0.5, 0.6) is 17.2 Å². The Morgan fingerprint density at radius 1 is 0.949 bits per heavy atom. The summed E-state index contributed by atoms with van der Waals surface area (Å²) in [5.74, 6) is 0.139. The van der Waals surface area contributed by atoms with Gasteiger partial charge >= 0.3 is 5.91 Å². The molecule has 39 heavy (non-hydrogen) atoms. The number of aliphatic hydroxyl groups is 1. The van der Waals surface area contributed by atoms with Crippen molar-refractivity contribution in [2.45, 2.75) is 25.8 Å². The molecule has 1 atom stereocenters.